The van der Waals surface area contributed by atoms with E-state index in [0.717, 1.165) is 22.0 Å². The molecule has 6 nitrogen and oxygen atoms in total. The fraction of sp³-hybridized carbons (Fsp3) is 0.214. The van der Waals surface area contributed by atoms with Gasteiger partial charge in [-0.25, -0.2) is 0 Å². The van der Waals surface area contributed by atoms with Crippen molar-refractivity contribution in [3.8, 4) is 23.0 Å². The van der Waals surface area contributed by atoms with Crippen LogP contribution in [0.4, 0.5) is 0 Å². The minimum Gasteiger partial charge on any atom is -1.00 e. The standard InChI is InChI=1S/C28H27ClNO5.BrH/c1-32-25-10-5-18(14-26(25)33-2)13-23-22-16-28(35-4)27(34-3)15-20(22)11-12-30(23)17-24(31)19-6-8-21(29)9-7-19;/h5-12,14-16H,13,17H2,1-4H3;1H/q+1;/p-1. The number of carbonyl (C=O) groups is 1. The molecule has 4 rings (SSSR count). The largest absolute Gasteiger partial charge is 1.00 e. The van der Waals surface area contributed by atoms with Gasteiger partial charge in [-0.3, -0.25) is 4.79 Å². The molecule has 36 heavy (non-hydrogen) atoms. The van der Waals surface area contributed by atoms with Crippen LogP contribution >= 0.6 is 11.6 Å². The van der Waals surface area contributed by atoms with Gasteiger partial charge >= 0.3 is 0 Å². The zero-order valence-electron chi connectivity index (χ0n) is 20.5. The lowest BCUT2D eigenvalue weighted by molar-refractivity contribution is -0.688. The van der Waals surface area contributed by atoms with Crippen molar-refractivity contribution in [3.63, 3.8) is 0 Å². The normalized spacial score (nSPS) is 10.5. The van der Waals surface area contributed by atoms with E-state index in [-0.39, 0.29) is 29.3 Å². The molecule has 8 heteroatoms. The highest BCUT2D eigenvalue weighted by atomic mass is 79.9. The molecule has 0 amide bonds. The lowest BCUT2D eigenvalue weighted by Gasteiger charge is -2.13. The molecule has 0 atom stereocenters. The minimum atomic E-state index is -0.0138. The van der Waals surface area contributed by atoms with Crippen LogP contribution in [0.25, 0.3) is 10.8 Å². The fourth-order valence-electron chi connectivity index (χ4n) is 4.11. The Kier molecular flexibility index (Phi) is 9.18. The van der Waals surface area contributed by atoms with Gasteiger partial charge in [0, 0.05) is 16.7 Å². The summed E-state index contributed by atoms with van der Waals surface area (Å²) in [6.45, 7) is 0.175. The van der Waals surface area contributed by atoms with E-state index in [1.165, 1.54) is 0 Å². The number of benzene rings is 3. The molecule has 0 unspecified atom stereocenters. The van der Waals surface area contributed by atoms with Gasteiger partial charge in [-0.05, 0) is 59.5 Å². The lowest BCUT2D eigenvalue weighted by Crippen LogP contribution is -3.00. The zero-order chi connectivity index (χ0) is 24.9. The van der Waals surface area contributed by atoms with Crippen LogP contribution in [0.2, 0.25) is 5.02 Å². The average Bonchev–Trinajstić information content (AvgIpc) is 2.89. The predicted octanol–water partition coefficient (Wildman–Crippen LogP) is 2.29. The van der Waals surface area contributed by atoms with Gasteiger partial charge in [0.15, 0.2) is 34.9 Å². The molecule has 0 bridgehead atoms. The molecule has 0 saturated carbocycles. The fourth-order valence-corrected chi connectivity index (χ4v) is 4.23. The van der Waals surface area contributed by atoms with Crippen LogP contribution in [-0.4, -0.2) is 34.2 Å². The summed E-state index contributed by atoms with van der Waals surface area (Å²) in [5.74, 6) is 2.56. The SMILES string of the molecule is COc1ccc(Cc2c3cc(OC)c(OC)cc3cc[n+]2CC(=O)c2ccc(Cl)cc2)cc1OC.[Br-]. The molecule has 0 spiro atoms. The summed E-state index contributed by atoms with van der Waals surface area (Å²) in [5, 5.41) is 2.53. The summed E-state index contributed by atoms with van der Waals surface area (Å²) < 4.78 is 23.9. The monoisotopic (exact) mass is 571 g/mol. The second kappa shape index (κ2) is 12.1. The number of rotatable bonds is 9. The Morgan fingerprint density at radius 2 is 1.39 bits per heavy atom. The molecule has 188 valence electrons. The summed E-state index contributed by atoms with van der Waals surface area (Å²) >= 11 is 6.00. The maximum atomic E-state index is 13.1. The second-order valence-electron chi connectivity index (χ2n) is 7.98. The Hall–Kier alpha value is -3.29. The van der Waals surface area contributed by atoms with E-state index >= 15 is 0 Å². The number of aromatic nitrogens is 1. The number of ether oxygens (including phenoxy) is 4. The van der Waals surface area contributed by atoms with Crippen LogP contribution in [0, 0.1) is 0 Å². The van der Waals surface area contributed by atoms with Crippen molar-refractivity contribution in [3.05, 3.63) is 88.7 Å². The Bertz CT molecular complexity index is 1370. The number of halogens is 2. The average molecular weight is 573 g/mol. The molecule has 1 aromatic heterocycles. The Labute approximate surface area is 226 Å². The molecule has 0 aliphatic rings. The third-order valence-electron chi connectivity index (χ3n) is 5.95. The van der Waals surface area contributed by atoms with E-state index in [4.69, 9.17) is 30.5 Å². The van der Waals surface area contributed by atoms with Crippen molar-refractivity contribution in [2.45, 2.75) is 13.0 Å². The van der Waals surface area contributed by atoms with Crippen molar-refractivity contribution in [1.82, 2.24) is 0 Å². The number of Topliss-reactive ketones (excluding diaryl/α,β-unsaturated/α-hetero) is 1. The topological polar surface area (TPSA) is 57.9 Å². The molecular formula is C28H27BrClNO5. The Morgan fingerprint density at radius 1 is 0.778 bits per heavy atom. The molecule has 3 aromatic carbocycles. The van der Waals surface area contributed by atoms with Gasteiger partial charge in [-0.2, -0.15) is 4.57 Å². The molecule has 0 aliphatic carbocycles. The van der Waals surface area contributed by atoms with E-state index in [1.54, 1.807) is 52.7 Å². The van der Waals surface area contributed by atoms with Gasteiger partial charge < -0.3 is 35.9 Å². The molecule has 0 fully saturated rings. The van der Waals surface area contributed by atoms with Crippen LogP contribution < -0.4 is 40.5 Å². The molecule has 0 radical (unpaired) electrons. The van der Waals surface area contributed by atoms with E-state index in [0.29, 0.717) is 40.0 Å². The molecule has 0 aliphatic heterocycles. The van der Waals surface area contributed by atoms with Crippen molar-refractivity contribution in [1.29, 1.82) is 0 Å². The van der Waals surface area contributed by atoms with Crippen LogP contribution in [-0.2, 0) is 13.0 Å². The smallest absolute Gasteiger partial charge is 0.227 e. The van der Waals surface area contributed by atoms with Gasteiger partial charge in [0.25, 0.3) is 0 Å². The number of carbonyl (C=O) groups excluding carboxylic acids is 1. The van der Waals surface area contributed by atoms with Gasteiger partial charge in [0.05, 0.1) is 40.2 Å². The van der Waals surface area contributed by atoms with E-state index in [9.17, 15) is 4.79 Å². The molecule has 1 heterocycles. The maximum absolute atomic E-state index is 13.1. The highest BCUT2D eigenvalue weighted by Gasteiger charge is 2.22. The number of pyridine rings is 1. The van der Waals surface area contributed by atoms with Gasteiger partial charge in [-0.15, -0.1) is 0 Å². The van der Waals surface area contributed by atoms with E-state index in [1.807, 2.05) is 47.2 Å². The van der Waals surface area contributed by atoms with Crippen LogP contribution in [0.1, 0.15) is 21.6 Å². The third-order valence-corrected chi connectivity index (χ3v) is 6.20. The quantitative estimate of drug-likeness (QED) is 0.228. The number of hydrogen-bond acceptors (Lipinski definition) is 5. The van der Waals surface area contributed by atoms with Crippen LogP contribution in [0.15, 0.2) is 66.9 Å². The molecular weight excluding hydrogens is 546 g/mol. The Morgan fingerprint density at radius 3 is 2.03 bits per heavy atom. The predicted molar refractivity (Wildman–Crippen MR) is 135 cm³/mol. The summed E-state index contributed by atoms with van der Waals surface area (Å²) in [4.78, 5) is 13.1. The van der Waals surface area contributed by atoms with Gasteiger partial charge in [0.2, 0.25) is 12.3 Å². The zero-order valence-corrected chi connectivity index (χ0v) is 22.9. The number of ketones is 1. The van der Waals surface area contributed by atoms with Crippen molar-refractivity contribution < 1.29 is 45.3 Å². The highest BCUT2D eigenvalue weighted by molar-refractivity contribution is 6.30. The summed E-state index contributed by atoms with van der Waals surface area (Å²) in [6, 6.07) is 18.6. The molecule has 4 aromatic rings. The number of fused-ring (bicyclic) bond motifs is 1. The number of nitrogens with zero attached hydrogens (tertiary/aromatic N) is 1. The molecule has 0 N–H and O–H groups in total. The van der Waals surface area contributed by atoms with Crippen LogP contribution in [0.3, 0.4) is 0 Å². The van der Waals surface area contributed by atoms with Crippen LogP contribution in [0.5, 0.6) is 23.0 Å². The first kappa shape index (κ1) is 27.3. The highest BCUT2D eigenvalue weighted by Crippen LogP contribution is 2.34. The van der Waals surface area contributed by atoms with Gasteiger partial charge in [0.1, 0.15) is 0 Å². The number of methoxy groups -OCH3 is 4. The van der Waals surface area contributed by atoms with E-state index in [2.05, 4.69) is 0 Å². The maximum Gasteiger partial charge on any atom is 0.227 e. The lowest BCUT2D eigenvalue weighted by atomic mass is 10.0. The first-order valence-electron chi connectivity index (χ1n) is 11.0. The summed E-state index contributed by atoms with van der Waals surface area (Å²) in [6.07, 6.45) is 2.49. The van der Waals surface area contributed by atoms with E-state index < -0.39 is 0 Å². The Balaban J connectivity index is 0.00000361. The van der Waals surface area contributed by atoms with Gasteiger partial charge in [-0.1, -0.05) is 17.7 Å². The summed E-state index contributed by atoms with van der Waals surface area (Å²) in [7, 11) is 6.45. The second-order valence-corrected chi connectivity index (χ2v) is 8.42. The first-order valence-corrected chi connectivity index (χ1v) is 11.4. The molecule has 0 saturated heterocycles. The minimum absolute atomic E-state index is 0. The van der Waals surface area contributed by atoms with Crippen molar-refractivity contribution in [2.24, 2.45) is 0 Å². The number of hydrogen-bond donors (Lipinski definition) is 0. The first-order chi connectivity index (χ1) is 17.0. The van der Waals surface area contributed by atoms with Crippen molar-refractivity contribution >= 4 is 28.2 Å². The van der Waals surface area contributed by atoms with Crippen molar-refractivity contribution in [2.75, 3.05) is 28.4 Å². The third kappa shape index (κ3) is 5.74. The summed E-state index contributed by atoms with van der Waals surface area (Å²) in [5.41, 5.74) is 2.57.